The van der Waals surface area contributed by atoms with Gasteiger partial charge < -0.3 is 15.3 Å². The van der Waals surface area contributed by atoms with E-state index in [1.807, 2.05) is 25.1 Å². The van der Waals surface area contributed by atoms with Crippen LogP contribution in [-0.4, -0.2) is 40.1 Å². The van der Waals surface area contributed by atoms with Gasteiger partial charge in [0.25, 0.3) is 0 Å². The predicted octanol–water partition coefficient (Wildman–Crippen LogP) is 2.56. The van der Waals surface area contributed by atoms with Crippen molar-refractivity contribution in [2.45, 2.75) is 13.3 Å². The third-order valence-electron chi connectivity index (χ3n) is 3.19. The molecule has 0 atom stereocenters. The average molecular weight is 287 g/mol. The smallest absolute Gasteiger partial charge is 0.321 e. The van der Waals surface area contributed by atoms with Gasteiger partial charge in [-0.05, 0) is 24.4 Å². The number of hydrogen-bond acceptors (Lipinski definition) is 3. The van der Waals surface area contributed by atoms with Gasteiger partial charge in [-0.3, -0.25) is 9.78 Å². The second-order valence-corrected chi connectivity index (χ2v) is 4.56. The first-order valence-electron chi connectivity index (χ1n) is 6.72. The maximum Gasteiger partial charge on any atom is 0.321 e. The third kappa shape index (κ3) is 3.68. The van der Waals surface area contributed by atoms with E-state index in [0.717, 1.165) is 10.8 Å². The normalized spacial score (nSPS) is 10.3. The Balaban J connectivity index is 2.15. The van der Waals surface area contributed by atoms with Crippen LogP contribution in [0.5, 0.6) is 0 Å². The van der Waals surface area contributed by atoms with Crippen LogP contribution in [0.25, 0.3) is 10.8 Å². The van der Waals surface area contributed by atoms with Crippen LogP contribution in [0.2, 0.25) is 0 Å². The molecular weight excluding hydrogens is 270 g/mol. The van der Waals surface area contributed by atoms with Crippen LogP contribution in [0, 0.1) is 0 Å². The molecule has 6 nitrogen and oxygen atoms in total. The Morgan fingerprint density at radius 3 is 2.86 bits per heavy atom. The number of carbonyl (C=O) groups is 2. The van der Waals surface area contributed by atoms with E-state index in [2.05, 4.69) is 10.3 Å². The van der Waals surface area contributed by atoms with Crippen molar-refractivity contribution in [2.75, 3.05) is 18.4 Å². The molecule has 0 saturated heterocycles. The molecule has 6 heteroatoms. The van der Waals surface area contributed by atoms with E-state index < -0.39 is 5.97 Å². The number of fused-ring (bicyclic) bond motifs is 1. The number of benzene rings is 1. The molecule has 21 heavy (non-hydrogen) atoms. The largest absolute Gasteiger partial charge is 0.481 e. The first-order chi connectivity index (χ1) is 10.1. The van der Waals surface area contributed by atoms with Crippen molar-refractivity contribution in [3.05, 3.63) is 36.7 Å². The Morgan fingerprint density at radius 2 is 2.14 bits per heavy atom. The maximum absolute atomic E-state index is 12.2. The van der Waals surface area contributed by atoms with Crippen molar-refractivity contribution >= 4 is 28.5 Å². The fourth-order valence-corrected chi connectivity index (χ4v) is 2.05. The summed E-state index contributed by atoms with van der Waals surface area (Å²) < 4.78 is 0. The van der Waals surface area contributed by atoms with Crippen LogP contribution in [0.1, 0.15) is 13.3 Å². The number of aliphatic carboxylic acids is 1. The zero-order valence-corrected chi connectivity index (χ0v) is 11.7. The molecule has 0 spiro atoms. The molecule has 1 aromatic heterocycles. The molecular formula is C15H17N3O3. The van der Waals surface area contributed by atoms with Gasteiger partial charge in [0.2, 0.25) is 0 Å². The van der Waals surface area contributed by atoms with E-state index in [1.54, 1.807) is 18.5 Å². The molecule has 0 radical (unpaired) electrons. The predicted molar refractivity (Wildman–Crippen MR) is 80.3 cm³/mol. The lowest BCUT2D eigenvalue weighted by Gasteiger charge is -2.21. The van der Waals surface area contributed by atoms with Crippen LogP contribution in [0.15, 0.2) is 36.7 Å². The Morgan fingerprint density at radius 1 is 1.33 bits per heavy atom. The van der Waals surface area contributed by atoms with E-state index in [4.69, 9.17) is 5.11 Å². The topological polar surface area (TPSA) is 82.5 Å². The second kappa shape index (κ2) is 6.69. The van der Waals surface area contributed by atoms with Crippen LogP contribution >= 0.6 is 0 Å². The fraction of sp³-hybridized carbons (Fsp3) is 0.267. The molecule has 0 bridgehead atoms. The molecule has 0 aliphatic heterocycles. The van der Waals surface area contributed by atoms with Gasteiger partial charge in [0.1, 0.15) is 0 Å². The van der Waals surface area contributed by atoms with Crippen LogP contribution in [0.3, 0.4) is 0 Å². The summed E-state index contributed by atoms with van der Waals surface area (Å²) >= 11 is 0. The van der Waals surface area contributed by atoms with E-state index in [1.165, 1.54) is 4.90 Å². The Kier molecular flexibility index (Phi) is 4.71. The van der Waals surface area contributed by atoms with Crippen molar-refractivity contribution < 1.29 is 14.7 Å². The number of amides is 2. The molecule has 0 unspecified atom stereocenters. The monoisotopic (exact) mass is 287 g/mol. The number of carbonyl (C=O) groups excluding carboxylic acids is 1. The molecule has 2 amide bonds. The molecule has 110 valence electrons. The first kappa shape index (κ1) is 14.8. The number of pyridine rings is 1. The van der Waals surface area contributed by atoms with Crippen LogP contribution in [-0.2, 0) is 4.79 Å². The maximum atomic E-state index is 12.2. The van der Waals surface area contributed by atoms with E-state index in [9.17, 15) is 9.59 Å². The van der Waals surface area contributed by atoms with Gasteiger partial charge in [-0.15, -0.1) is 0 Å². The number of carboxylic acid groups (broad SMARTS) is 1. The van der Waals surface area contributed by atoms with Gasteiger partial charge in [-0.1, -0.05) is 12.1 Å². The van der Waals surface area contributed by atoms with Crippen molar-refractivity contribution in [1.29, 1.82) is 0 Å². The molecule has 1 aromatic carbocycles. The minimum absolute atomic E-state index is 0.0711. The standard InChI is InChI=1S/C15H17N3O3/c1-2-18(9-7-14(19)20)15(21)17-13-5-3-4-11-6-8-16-10-12(11)13/h3-6,8,10H,2,7,9H2,1H3,(H,17,21)(H,19,20). The highest BCUT2D eigenvalue weighted by atomic mass is 16.4. The highest BCUT2D eigenvalue weighted by molar-refractivity contribution is 6.01. The summed E-state index contributed by atoms with van der Waals surface area (Å²) in [7, 11) is 0. The number of rotatable bonds is 5. The number of hydrogen-bond donors (Lipinski definition) is 2. The minimum atomic E-state index is -0.921. The molecule has 1 heterocycles. The zero-order valence-electron chi connectivity index (χ0n) is 11.7. The summed E-state index contributed by atoms with van der Waals surface area (Å²) in [4.78, 5) is 28.3. The van der Waals surface area contributed by atoms with Gasteiger partial charge >= 0.3 is 12.0 Å². The average Bonchev–Trinajstić information content (AvgIpc) is 2.48. The first-order valence-corrected chi connectivity index (χ1v) is 6.72. The van der Waals surface area contributed by atoms with Crippen LogP contribution < -0.4 is 5.32 Å². The number of urea groups is 1. The third-order valence-corrected chi connectivity index (χ3v) is 3.19. The number of nitrogens with zero attached hydrogens (tertiary/aromatic N) is 2. The zero-order chi connectivity index (χ0) is 15.2. The van der Waals surface area contributed by atoms with Crippen LogP contribution in [0.4, 0.5) is 10.5 Å². The Hall–Kier alpha value is -2.63. The Bertz CT molecular complexity index is 652. The number of aromatic nitrogens is 1. The van der Waals surface area contributed by atoms with E-state index >= 15 is 0 Å². The quantitative estimate of drug-likeness (QED) is 0.885. The Labute approximate surface area is 122 Å². The molecule has 0 aliphatic rings. The van der Waals surface area contributed by atoms with Gasteiger partial charge in [0.05, 0.1) is 12.1 Å². The summed E-state index contributed by atoms with van der Waals surface area (Å²) in [6.45, 7) is 2.44. The number of anilines is 1. The van der Waals surface area contributed by atoms with Crippen molar-refractivity contribution in [1.82, 2.24) is 9.88 Å². The van der Waals surface area contributed by atoms with E-state index in [-0.39, 0.29) is 19.0 Å². The SMILES string of the molecule is CCN(CCC(=O)O)C(=O)Nc1cccc2ccncc12. The second-order valence-electron chi connectivity index (χ2n) is 4.56. The van der Waals surface area contributed by atoms with Gasteiger partial charge in [-0.25, -0.2) is 4.79 Å². The van der Waals surface area contributed by atoms with Gasteiger partial charge in [0.15, 0.2) is 0 Å². The highest BCUT2D eigenvalue weighted by Crippen LogP contribution is 2.22. The summed E-state index contributed by atoms with van der Waals surface area (Å²) in [5.74, 6) is -0.921. The summed E-state index contributed by atoms with van der Waals surface area (Å²) in [5, 5.41) is 13.4. The van der Waals surface area contributed by atoms with Gasteiger partial charge in [-0.2, -0.15) is 0 Å². The fourth-order valence-electron chi connectivity index (χ4n) is 2.05. The van der Waals surface area contributed by atoms with E-state index in [0.29, 0.717) is 12.2 Å². The molecule has 0 saturated carbocycles. The van der Waals surface area contributed by atoms with Gasteiger partial charge in [0, 0.05) is 30.9 Å². The number of nitrogens with one attached hydrogen (secondary N) is 1. The number of carboxylic acids is 1. The molecule has 2 aromatic rings. The molecule has 0 fully saturated rings. The summed E-state index contributed by atoms with van der Waals surface area (Å²) in [6.07, 6.45) is 3.32. The molecule has 2 rings (SSSR count). The lowest BCUT2D eigenvalue weighted by Crippen LogP contribution is -2.36. The van der Waals surface area contributed by atoms with Crippen molar-refractivity contribution in [3.63, 3.8) is 0 Å². The molecule has 0 aliphatic carbocycles. The van der Waals surface area contributed by atoms with Crippen molar-refractivity contribution in [3.8, 4) is 0 Å². The summed E-state index contributed by atoms with van der Waals surface area (Å²) in [5.41, 5.74) is 0.666. The lowest BCUT2D eigenvalue weighted by molar-refractivity contribution is -0.137. The van der Waals surface area contributed by atoms with Crippen molar-refractivity contribution in [2.24, 2.45) is 0 Å². The minimum Gasteiger partial charge on any atom is -0.481 e. The lowest BCUT2D eigenvalue weighted by atomic mass is 10.1. The molecule has 2 N–H and O–H groups in total. The highest BCUT2D eigenvalue weighted by Gasteiger charge is 2.14. The summed E-state index contributed by atoms with van der Waals surface area (Å²) in [6, 6.07) is 7.15.